The zero-order valence-corrected chi connectivity index (χ0v) is 14.3. The molecule has 24 heavy (non-hydrogen) atoms. The molecule has 4 heteroatoms. The van der Waals surface area contributed by atoms with Crippen molar-refractivity contribution < 1.29 is 9.53 Å². The van der Waals surface area contributed by atoms with Crippen LogP contribution in [-0.4, -0.2) is 30.5 Å². The van der Waals surface area contributed by atoms with Crippen LogP contribution in [0.15, 0.2) is 48.5 Å². The Labute approximate surface area is 143 Å². The molecule has 1 fully saturated rings. The predicted octanol–water partition coefficient (Wildman–Crippen LogP) is 3.61. The predicted molar refractivity (Wildman–Crippen MR) is 96.2 cm³/mol. The highest BCUT2D eigenvalue weighted by molar-refractivity contribution is 5.96. The normalized spacial score (nSPS) is 17.7. The van der Waals surface area contributed by atoms with Gasteiger partial charge >= 0.3 is 0 Å². The van der Waals surface area contributed by atoms with E-state index in [1.165, 1.54) is 5.56 Å². The zero-order valence-electron chi connectivity index (χ0n) is 14.3. The molecule has 2 aromatic carbocycles. The lowest BCUT2D eigenvalue weighted by Crippen LogP contribution is -2.39. The van der Waals surface area contributed by atoms with Crippen molar-refractivity contribution in [3.8, 4) is 5.75 Å². The quantitative estimate of drug-likeness (QED) is 0.913. The van der Waals surface area contributed by atoms with Crippen LogP contribution in [0.5, 0.6) is 5.75 Å². The Kier molecular flexibility index (Phi) is 5.16. The maximum absolute atomic E-state index is 12.8. The summed E-state index contributed by atoms with van der Waals surface area (Å²) in [7, 11) is 1.62. The molecule has 4 nitrogen and oxygen atoms in total. The summed E-state index contributed by atoms with van der Waals surface area (Å²) in [6, 6.07) is 16.0. The third-order valence-corrected chi connectivity index (χ3v) is 4.51. The Morgan fingerprint density at radius 3 is 2.79 bits per heavy atom. The summed E-state index contributed by atoms with van der Waals surface area (Å²) in [5.41, 5.74) is 3.08. The van der Waals surface area contributed by atoms with E-state index in [1.807, 2.05) is 43.3 Å². The topological polar surface area (TPSA) is 41.6 Å². The van der Waals surface area contributed by atoms with Gasteiger partial charge in [0.25, 0.3) is 0 Å². The molecular formula is C20H24N2O2. The number of nitrogens with one attached hydrogen (secondary N) is 1. The maximum atomic E-state index is 12.8. The van der Waals surface area contributed by atoms with Crippen molar-refractivity contribution in [3.63, 3.8) is 0 Å². The van der Waals surface area contributed by atoms with E-state index in [4.69, 9.17) is 4.74 Å². The van der Waals surface area contributed by atoms with Crippen LogP contribution in [0.25, 0.3) is 0 Å². The van der Waals surface area contributed by atoms with Gasteiger partial charge in [-0.3, -0.25) is 9.69 Å². The largest absolute Gasteiger partial charge is 0.495 e. The molecule has 1 atom stereocenters. The van der Waals surface area contributed by atoms with Gasteiger partial charge in [-0.05, 0) is 49.6 Å². The van der Waals surface area contributed by atoms with Gasteiger partial charge in [0.1, 0.15) is 5.75 Å². The molecule has 1 aliphatic rings. The van der Waals surface area contributed by atoms with Crippen molar-refractivity contribution in [1.29, 1.82) is 0 Å². The van der Waals surface area contributed by atoms with Crippen LogP contribution in [0.3, 0.4) is 0 Å². The van der Waals surface area contributed by atoms with Crippen molar-refractivity contribution >= 4 is 11.6 Å². The fourth-order valence-electron chi connectivity index (χ4n) is 3.27. The number of nitrogens with zero attached hydrogens (tertiary/aromatic N) is 1. The van der Waals surface area contributed by atoms with Gasteiger partial charge in [-0.2, -0.15) is 0 Å². The highest BCUT2D eigenvalue weighted by Gasteiger charge is 2.31. The van der Waals surface area contributed by atoms with Crippen molar-refractivity contribution in [1.82, 2.24) is 4.90 Å². The standard InChI is InChI=1S/C20H24N2O2/c1-15-10-11-19(24-2)17(13-15)21-20(23)18-9-6-12-22(18)14-16-7-4-3-5-8-16/h3-5,7-8,10-11,13,18H,6,9,12,14H2,1-2H3,(H,21,23). The van der Waals surface area contributed by atoms with Crippen LogP contribution in [0.4, 0.5) is 5.69 Å². The lowest BCUT2D eigenvalue weighted by atomic mass is 10.1. The summed E-state index contributed by atoms with van der Waals surface area (Å²) in [6.07, 6.45) is 1.95. The number of aryl methyl sites for hydroxylation is 1. The van der Waals surface area contributed by atoms with Crippen LogP contribution < -0.4 is 10.1 Å². The number of hydrogen-bond donors (Lipinski definition) is 1. The van der Waals surface area contributed by atoms with Gasteiger partial charge in [0, 0.05) is 6.54 Å². The second-order valence-corrected chi connectivity index (χ2v) is 6.31. The molecule has 3 rings (SSSR count). The van der Waals surface area contributed by atoms with Crippen molar-refractivity contribution in [3.05, 3.63) is 59.7 Å². The molecule has 0 aliphatic carbocycles. The minimum atomic E-state index is -0.0876. The molecule has 0 aromatic heterocycles. The van der Waals surface area contributed by atoms with Gasteiger partial charge in [0.2, 0.25) is 5.91 Å². The van der Waals surface area contributed by atoms with Crippen LogP contribution in [-0.2, 0) is 11.3 Å². The summed E-state index contributed by atoms with van der Waals surface area (Å²) < 4.78 is 5.36. The molecular weight excluding hydrogens is 300 g/mol. The molecule has 0 bridgehead atoms. The van der Waals surface area contributed by atoms with Crippen LogP contribution in [0.1, 0.15) is 24.0 Å². The molecule has 0 radical (unpaired) electrons. The van der Waals surface area contributed by atoms with Crippen molar-refractivity contribution in [2.24, 2.45) is 0 Å². The highest BCUT2D eigenvalue weighted by Crippen LogP contribution is 2.27. The fourth-order valence-corrected chi connectivity index (χ4v) is 3.27. The minimum absolute atomic E-state index is 0.0485. The Hall–Kier alpha value is -2.33. The Morgan fingerprint density at radius 1 is 1.25 bits per heavy atom. The average molecular weight is 324 g/mol. The van der Waals surface area contributed by atoms with E-state index in [9.17, 15) is 4.79 Å². The van der Waals surface area contributed by atoms with Gasteiger partial charge in [-0.15, -0.1) is 0 Å². The first-order valence-corrected chi connectivity index (χ1v) is 8.41. The summed E-state index contributed by atoms with van der Waals surface area (Å²) in [5.74, 6) is 0.744. The second kappa shape index (κ2) is 7.49. The third kappa shape index (κ3) is 3.77. The highest BCUT2D eigenvalue weighted by atomic mass is 16.5. The molecule has 1 amide bonds. The molecule has 0 spiro atoms. The van der Waals surface area contributed by atoms with Crippen molar-refractivity contribution in [2.75, 3.05) is 19.0 Å². The van der Waals surface area contributed by atoms with E-state index in [2.05, 4.69) is 22.3 Å². The average Bonchev–Trinajstić information content (AvgIpc) is 3.04. The summed E-state index contributed by atoms with van der Waals surface area (Å²) >= 11 is 0. The van der Waals surface area contributed by atoms with Gasteiger partial charge in [0.15, 0.2) is 0 Å². The third-order valence-electron chi connectivity index (χ3n) is 4.51. The van der Waals surface area contributed by atoms with Crippen molar-refractivity contribution in [2.45, 2.75) is 32.4 Å². The Balaban J connectivity index is 1.71. The lowest BCUT2D eigenvalue weighted by molar-refractivity contribution is -0.120. The van der Waals surface area contributed by atoms with E-state index in [1.54, 1.807) is 7.11 Å². The number of carbonyl (C=O) groups excluding carboxylic acids is 1. The van der Waals surface area contributed by atoms with Gasteiger partial charge in [-0.25, -0.2) is 0 Å². The number of rotatable bonds is 5. The maximum Gasteiger partial charge on any atom is 0.241 e. The first-order chi connectivity index (χ1) is 11.7. The molecule has 1 N–H and O–H groups in total. The number of amides is 1. The number of hydrogen-bond acceptors (Lipinski definition) is 3. The molecule has 1 heterocycles. The van der Waals surface area contributed by atoms with E-state index in [0.717, 1.165) is 37.2 Å². The number of benzene rings is 2. The van der Waals surface area contributed by atoms with E-state index in [0.29, 0.717) is 5.75 Å². The van der Waals surface area contributed by atoms with Crippen LogP contribution in [0, 0.1) is 6.92 Å². The first-order valence-electron chi connectivity index (χ1n) is 8.41. The minimum Gasteiger partial charge on any atom is -0.495 e. The summed E-state index contributed by atoms with van der Waals surface area (Å²) in [5, 5.41) is 3.05. The molecule has 1 aliphatic heterocycles. The SMILES string of the molecule is COc1ccc(C)cc1NC(=O)C1CCCN1Cc1ccccc1. The number of methoxy groups -OCH3 is 1. The van der Waals surface area contributed by atoms with Gasteiger partial charge in [-0.1, -0.05) is 36.4 Å². The smallest absolute Gasteiger partial charge is 0.241 e. The van der Waals surface area contributed by atoms with Crippen LogP contribution in [0.2, 0.25) is 0 Å². The first kappa shape index (κ1) is 16.5. The Bertz CT molecular complexity index is 700. The van der Waals surface area contributed by atoms with Gasteiger partial charge in [0.05, 0.1) is 18.8 Å². The molecule has 2 aromatic rings. The second-order valence-electron chi connectivity index (χ2n) is 6.31. The fraction of sp³-hybridized carbons (Fsp3) is 0.350. The van der Waals surface area contributed by atoms with Gasteiger partial charge < -0.3 is 10.1 Å². The van der Waals surface area contributed by atoms with E-state index < -0.39 is 0 Å². The summed E-state index contributed by atoms with van der Waals surface area (Å²) in [4.78, 5) is 15.0. The number of carbonyl (C=O) groups is 1. The number of ether oxygens (including phenoxy) is 1. The van der Waals surface area contributed by atoms with Crippen LogP contribution >= 0.6 is 0 Å². The molecule has 1 saturated heterocycles. The van der Waals surface area contributed by atoms with E-state index in [-0.39, 0.29) is 11.9 Å². The summed E-state index contributed by atoms with van der Waals surface area (Å²) in [6.45, 7) is 3.77. The number of anilines is 1. The molecule has 126 valence electrons. The zero-order chi connectivity index (χ0) is 16.9. The van der Waals surface area contributed by atoms with E-state index >= 15 is 0 Å². The number of likely N-dealkylation sites (tertiary alicyclic amines) is 1. The lowest BCUT2D eigenvalue weighted by Gasteiger charge is -2.24. The monoisotopic (exact) mass is 324 g/mol. The molecule has 1 unspecified atom stereocenters. The Morgan fingerprint density at radius 2 is 2.04 bits per heavy atom. The molecule has 0 saturated carbocycles.